The minimum atomic E-state index is -3.79. The molecule has 4 nitrogen and oxygen atoms in total. The van der Waals surface area contributed by atoms with E-state index < -0.39 is 15.8 Å². The Kier molecular flexibility index (Phi) is 5.91. The van der Waals surface area contributed by atoms with Crippen molar-refractivity contribution >= 4 is 26.0 Å². The lowest BCUT2D eigenvalue weighted by molar-refractivity contribution is 0.475. The van der Waals surface area contributed by atoms with Crippen molar-refractivity contribution < 1.29 is 12.8 Å². The third-order valence-corrected chi connectivity index (χ3v) is 5.17. The molecule has 7 heteroatoms. The number of nitrogens with zero attached hydrogens (tertiary/aromatic N) is 1. The Labute approximate surface area is 122 Å². The molecule has 1 rings (SSSR count). The summed E-state index contributed by atoms with van der Waals surface area (Å²) >= 11 is 3.23. The summed E-state index contributed by atoms with van der Waals surface area (Å²) in [6.07, 6.45) is 0. The van der Waals surface area contributed by atoms with Crippen LogP contribution in [0.5, 0.6) is 0 Å². The molecule has 1 N–H and O–H groups in total. The highest BCUT2D eigenvalue weighted by Gasteiger charge is 2.25. The van der Waals surface area contributed by atoms with Gasteiger partial charge in [0.15, 0.2) is 0 Å². The van der Waals surface area contributed by atoms with E-state index in [2.05, 4.69) is 21.2 Å². The lowest BCUT2D eigenvalue weighted by atomic mass is 10.2. The van der Waals surface area contributed by atoms with E-state index in [1.165, 1.54) is 13.1 Å². The Bertz CT molecular complexity index is 549. The first kappa shape index (κ1) is 16.6. The molecule has 0 radical (unpaired) electrons. The topological polar surface area (TPSA) is 49.4 Å². The molecule has 0 spiro atoms. The number of rotatable bonds is 6. The van der Waals surface area contributed by atoms with Crippen molar-refractivity contribution in [2.24, 2.45) is 0 Å². The van der Waals surface area contributed by atoms with Gasteiger partial charge in [-0.15, -0.1) is 0 Å². The Morgan fingerprint density at radius 1 is 1.37 bits per heavy atom. The third-order valence-electron chi connectivity index (χ3n) is 2.78. The van der Waals surface area contributed by atoms with Gasteiger partial charge in [0.05, 0.1) is 0 Å². The fourth-order valence-electron chi connectivity index (χ4n) is 1.53. The molecule has 0 saturated heterocycles. The second-order valence-corrected chi connectivity index (χ2v) is 7.01. The number of hydrogen-bond donors (Lipinski definition) is 1. The Hall–Kier alpha value is -0.500. The third kappa shape index (κ3) is 3.75. The highest BCUT2D eigenvalue weighted by molar-refractivity contribution is 9.10. The van der Waals surface area contributed by atoms with Gasteiger partial charge < -0.3 is 5.32 Å². The summed E-state index contributed by atoms with van der Waals surface area (Å²) in [5.74, 6) is -0.690. The van der Waals surface area contributed by atoms with Gasteiger partial charge in [0.2, 0.25) is 10.0 Å². The second-order valence-electron chi connectivity index (χ2n) is 4.08. The fourth-order valence-corrected chi connectivity index (χ4v) is 3.50. The van der Waals surface area contributed by atoms with Crippen molar-refractivity contribution in [3.63, 3.8) is 0 Å². The summed E-state index contributed by atoms with van der Waals surface area (Å²) in [6, 6.07) is 2.88. The molecule has 0 unspecified atom stereocenters. The minimum Gasteiger partial charge on any atom is -0.313 e. The van der Waals surface area contributed by atoms with E-state index in [-0.39, 0.29) is 11.4 Å². The molecule has 0 amide bonds. The molecule has 0 aliphatic heterocycles. The van der Waals surface area contributed by atoms with Crippen LogP contribution >= 0.6 is 15.9 Å². The highest BCUT2D eigenvalue weighted by atomic mass is 79.9. The van der Waals surface area contributed by atoms with Gasteiger partial charge in [-0.25, -0.2) is 17.1 Å². The summed E-state index contributed by atoms with van der Waals surface area (Å²) in [7, 11) is -2.36. The van der Waals surface area contributed by atoms with E-state index >= 15 is 0 Å². The van der Waals surface area contributed by atoms with Gasteiger partial charge in [-0.05, 0) is 18.7 Å². The zero-order chi connectivity index (χ0) is 14.6. The fraction of sp³-hybridized carbons (Fsp3) is 0.500. The van der Waals surface area contributed by atoms with E-state index in [0.29, 0.717) is 23.1 Å². The molecular formula is C12H18BrFN2O2S. The standard InChI is InChI=1S/C12H18BrFN2O2S/c1-4-15-8-9-6-10(13)7-11(12(9)14)19(17,18)16(3)5-2/h6-7,15H,4-5,8H2,1-3H3. The Morgan fingerprint density at radius 2 is 2.00 bits per heavy atom. The second kappa shape index (κ2) is 6.78. The van der Waals surface area contributed by atoms with Crippen LogP contribution in [0.25, 0.3) is 0 Å². The quantitative estimate of drug-likeness (QED) is 0.854. The molecule has 0 aromatic heterocycles. The van der Waals surface area contributed by atoms with Gasteiger partial charge in [0, 0.05) is 30.2 Å². The van der Waals surface area contributed by atoms with Gasteiger partial charge in [-0.1, -0.05) is 29.8 Å². The number of sulfonamides is 1. The van der Waals surface area contributed by atoms with Crippen LogP contribution in [-0.4, -0.2) is 32.9 Å². The van der Waals surface area contributed by atoms with Gasteiger partial charge in [0.1, 0.15) is 10.7 Å². The molecule has 0 saturated carbocycles. The van der Waals surface area contributed by atoms with E-state index in [9.17, 15) is 12.8 Å². The maximum absolute atomic E-state index is 14.3. The predicted octanol–water partition coefficient (Wildman–Crippen LogP) is 2.34. The number of halogens is 2. The maximum Gasteiger partial charge on any atom is 0.245 e. The van der Waals surface area contributed by atoms with Crippen molar-refractivity contribution in [1.29, 1.82) is 0 Å². The molecule has 1 aromatic carbocycles. The first-order chi connectivity index (χ1) is 8.84. The van der Waals surface area contributed by atoms with Gasteiger partial charge in [-0.2, -0.15) is 0 Å². The SMILES string of the molecule is CCNCc1cc(Br)cc(S(=O)(=O)N(C)CC)c1F. The summed E-state index contributed by atoms with van der Waals surface area (Å²) < 4.78 is 40.4. The van der Waals surface area contributed by atoms with Crippen LogP contribution in [0.1, 0.15) is 19.4 Å². The molecule has 0 atom stereocenters. The zero-order valence-corrected chi connectivity index (χ0v) is 13.6. The van der Waals surface area contributed by atoms with Crippen molar-refractivity contribution in [2.75, 3.05) is 20.1 Å². The van der Waals surface area contributed by atoms with Crippen molar-refractivity contribution in [1.82, 2.24) is 9.62 Å². The molecule has 19 heavy (non-hydrogen) atoms. The first-order valence-corrected chi connectivity index (χ1v) is 8.22. The van der Waals surface area contributed by atoms with Crippen molar-refractivity contribution in [2.45, 2.75) is 25.3 Å². The van der Waals surface area contributed by atoms with Crippen LogP contribution < -0.4 is 5.32 Å². The van der Waals surface area contributed by atoms with Gasteiger partial charge in [0.25, 0.3) is 0 Å². The monoisotopic (exact) mass is 352 g/mol. The van der Waals surface area contributed by atoms with Crippen LogP contribution in [0.3, 0.4) is 0 Å². The van der Waals surface area contributed by atoms with Gasteiger partial charge in [-0.3, -0.25) is 0 Å². The normalized spacial score (nSPS) is 12.1. The Morgan fingerprint density at radius 3 is 2.53 bits per heavy atom. The molecule has 1 aromatic rings. The number of hydrogen-bond acceptors (Lipinski definition) is 3. The summed E-state index contributed by atoms with van der Waals surface area (Å²) in [5.41, 5.74) is 0.333. The molecule has 0 aliphatic rings. The highest BCUT2D eigenvalue weighted by Crippen LogP contribution is 2.26. The molecule has 0 aliphatic carbocycles. The van der Waals surface area contributed by atoms with Crippen molar-refractivity contribution in [3.05, 3.63) is 28.0 Å². The van der Waals surface area contributed by atoms with Crippen LogP contribution in [0.2, 0.25) is 0 Å². The molecule has 0 bridgehead atoms. The largest absolute Gasteiger partial charge is 0.313 e. The van der Waals surface area contributed by atoms with Crippen LogP contribution in [0, 0.1) is 5.82 Å². The Balaban J connectivity index is 3.32. The average molecular weight is 353 g/mol. The lowest BCUT2D eigenvalue weighted by Gasteiger charge is -2.17. The summed E-state index contributed by atoms with van der Waals surface area (Å²) in [6.45, 7) is 4.87. The van der Waals surface area contributed by atoms with E-state index in [1.807, 2.05) is 6.92 Å². The molecule has 0 heterocycles. The first-order valence-electron chi connectivity index (χ1n) is 5.99. The lowest BCUT2D eigenvalue weighted by Crippen LogP contribution is -2.28. The van der Waals surface area contributed by atoms with E-state index in [4.69, 9.17) is 0 Å². The minimum absolute atomic E-state index is 0.289. The average Bonchev–Trinajstić information content (AvgIpc) is 2.37. The predicted molar refractivity (Wildman–Crippen MR) is 77.0 cm³/mol. The summed E-state index contributed by atoms with van der Waals surface area (Å²) in [5, 5.41) is 2.99. The van der Waals surface area contributed by atoms with Crippen LogP contribution in [0.15, 0.2) is 21.5 Å². The van der Waals surface area contributed by atoms with Gasteiger partial charge >= 0.3 is 0 Å². The zero-order valence-electron chi connectivity index (χ0n) is 11.2. The number of nitrogens with one attached hydrogen (secondary N) is 1. The number of benzene rings is 1. The molecular weight excluding hydrogens is 335 g/mol. The van der Waals surface area contributed by atoms with Crippen molar-refractivity contribution in [3.8, 4) is 0 Å². The molecule has 0 fully saturated rings. The van der Waals surface area contributed by atoms with Crippen LogP contribution in [0.4, 0.5) is 4.39 Å². The van der Waals surface area contributed by atoms with Crippen LogP contribution in [-0.2, 0) is 16.6 Å². The molecule has 108 valence electrons. The summed E-state index contributed by atoms with van der Waals surface area (Å²) in [4.78, 5) is -0.292. The smallest absolute Gasteiger partial charge is 0.245 e. The van der Waals surface area contributed by atoms with E-state index in [0.717, 1.165) is 4.31 Å². The maximum atomic E-state index is 14.3. The van der Waals surface area contributed by atoms with E-state index in [1.54, 1.807) is 13.0 Å².